The number of nitrogens with one attached hydrogen (secondary N) is 1. The van der Waals surface area contributed by atoms with E-state index in [0.717, 1.165) is 12.2 Å². The number of aliphatic hydroxyl groups excluding tert-OH is 1. The van der Waals surface area contributed by atoms with Gasteiger partial charge in [0.1, 0.15) is 12.4 Å². The molecule has 0 saturated carbocycles. The van der Waals surface area contributed by atoms with Crippen LogP contribution in [-0.4, -0.2) is 48.4 Å². The van der Waals surface area contributed by atoms with E-state index in [9.17, 15) is 9.90 Å². The summed E-state index contributed by atoms with van der Waals surface area (Å²) in [6, 6.07) is 8.00. The van der Waals surface area contributed by atoms with Crippen molar-refractivity contribution < 1.29 is 14.6 Å². The zero-order valence-corrected chi connectivity index (χ0v) is 15.2. The van der Waals surface area contributed by atoms with Crippen molar-refractivity contribution in [2.45, 2.75) is 45.6 Å². The summed E-state index contributed by atoms with van der Waals surface area (Å²) in [7, 11) is 0. The molecular weight excluding hydrogens is 304 g/mol. The molecule has 24 heavy (non-hydrogen) atoms. The molecule has 1 fully saturated rings. The van der Waals surface area contributed by atoms with Gasteiger partial charge in [0.2, 0.25) is 0 Å². The van der Waals surface area contributed by atoms with E-state index >= 15 is 0 Å². The number of hydrogen-bond donors (Lipinski definition) is 2. The fraction of sp³-hybridized carbons (Fsp3) is 0.632. The van der Waals surface area contributed by atoms with Gasteiger partial charge in [-0.15, -0.1) is 0 Å². The minimum atomic E-state index is -0.360. The Bertz CT molecular complexity index is 552. The maximum atomic E-state index is 12.1. The fourth-order valence-electron chi connectivity index (χ4n) is 2.86. The molecule has 1 aromatic carbocycles. The Labute approximate surface area is 145 Å². The van der Waals surface area contributed by atoms with Crippen LogP contribution >= 0.6 is 0 Å². The van der Waals surface area contributed by atoms with Gasteiger partial charge in [-0.2, -0.15) is 0 Å². The molecule has 1 saturated heterocycles. The van der Waals surface area contributed by atoms with Crippen LogP contribution in [0.4, 0.5) is 4.79 Å². The minimum absolute atomic E-state index is 0.0785. The zero-order valence-electron chi connectivity index (χ0n) is 15.2. The highest BCUT2D eigenvalue weighted by Crippen LogP contribution is 2.25. The normalized spacial score (nSPS) is 19.2. The number of hydrogen-bond acceptors (Lipinski definition) is 3. The number of ether oxygens (including phenoxy) is 1. The molecule has 1 heterocycles. The first-order valence-corrected chi connectivity index (χ1v) is 8.71. The molecule has 2 rings (SSSR count). The van der Waals surface area contributed by atoms with E-state index < -0.39 is 0 Å². The first-order chi connectivity index (χ1) is 11.3. The number of carbonyl (C=O) groups is 1. The Morgan fingerprint density at radius 1 is 1.46 bits per heavy atom. The molecule has 0 bridgehead atoms. The average molecular weight is 334 g/mol. The molecule has 0 aliphatic carbocycles. The zero-order chi connectivity index (χ0) is 17.7. The molecule has 5 nitrogen and oxygen atoms in total. The Hall–Kier alpha value is -1.75. The van der Waals surface area contributed by atoms with E-state index in [-0.39, 0.29) is 23.5 Å². The molecule has 0 aromatic heterocycles. The van der Waals surface area contributed by atoms with E-state index in [1.807, 2.05) is 12.1 Å². The van der Waals surface area contributed by atoms with Crippen molar-refractivity contribution in [3.8, 4) is 5.75 Å². The lowest BCUT2D eigenvalue weighted by atomic mass is 9.87. The molecule has 2 atom stereocenters. The highest BCUT2D eigenvalue weighted by Gasteiger charge is 2.28. The summed E-state index contributed by atoms with van der Waals surface area (Å²) in [4.78, 5) is 13.8. The van der Waals surface area contributed by atoms with Crippen LogP contribution in [0.2, 0.25) is 0 Å². The summed E-state index contributed by atoms with van der Waals surface area (Å²) in [5.74, 6) is 1.01. The maximum absolute atomic E-state index is 12.1. The van der Waals surface area contributed by atoms with Crippen LogP contribution < -0.4 is 10.1 Å². The predicted molar refractivity (Wildman–Crippen MR) is 95.4 cm³/mol. The summed E-state index contributed by atoms with van der Waals surface area (Å²) in [5, 5.41) is 12.5. The van der Waals surface area contributed by atoms with Gasteiger partial charge < -0.3 is 20.1 Å². The van der Waals surface area contributed by atoms with Gasteiger partial charge in [-0.05, 0) is 36.5 Å². The first-order valence-electron chi connectivity index (χ1n) is 8.71. The number of amides is 2. The van der Waals surface area contributed by atoms with Gasteiger partial charge in [-0.1, -0.05) is 32.9 Å². The summed E-state index contributed by atoms with van der Waals surface area (Å²) in [6.07, 6.45) is 0.502. The van der Waals surface area contributed by atoms with Crippen molar-refractivity contribution in [1.82, 2.24) is 10.2 Å². The lowest BCUT2D eigenvalue weighted by molar-refractivity contribution is 0.129. The van der Waals surface area contributed by atoms with Crippen molar-refractivity contribution in [3.05, 3.63) is 29.8 Å². The van der Waals surface area contributed by atoms with Crippen LogP contribution in [0.25, 0.3) is 0 Å². The number of nitrogens with zero attached hydrogens (tertiary/aromatic N) is 1. The third-order valence-electron chi connectivity index (χ3n) is 4.54. The van der Waals surface area contributed by atoms with Gasteiger partial charge in [0.15, 0.2) is 0 Å². The van der Waals surface area contributed by atoms with E-state index in [4.69, 9.17) is 4.74 Å². The average Bonchev–Trinajstić information content (AvgIpc) is 3.01. The highest BCUT2D eigenvalue weighted by atomic mass is 16.5. The topological polar surface area (TPSA) is 61.8 Å². The maximum Gasteiger partial charge on any atom is 0.317 e. The molecule has 1 aliphatic heterocycles. The fourth-order valence-corrected chi connectivity index (χ4v) is 2.86. The van der Waals surface area contributed by atoms with Crippen molar-refractivity contribution in [3.63, 3.8) is 0 Å². The van der Waals surface area contributed by atoms with Crippen LogP contribution in [0.3, 0.4) is 0 Å². The molecule has 0 unspecified atom stereocenters. The number of aliphatic hydroxyl groups is 1. The highest BCUT2D eigenvalue weighted by molar-refractivity contribution is 5.74. The molecule has 5 heteroatoms. The summed E-state index contributed by atoms with van der Waals surface area (Å²) in [5.41, 5.74) is 1.31. The number of likely N-dealkylation sites (tertiary alicyclic amines) is 1. The van der Waals surface area contributed by atoms with Crippen molar-refractivity contribution in [2.24, 2.45) is 5.92 Å². The van der Waals surface area contributed by atoms with Gasteiger partial charge >= 0.3 is 6.03 Å². The molecule has 1 aliphatic rings. The van der Waals surface area contributed by atoms with Gasteiger partial charge in [0, 0.05) is 19.0 Å². The Kier molecular flexibility index (Phi) is 6.10. The molecule has 2 amide bonds. The minimum Gasteiger partial charge on any atom is -0.492 e. The van der Waals surface area contributed by atoms with Crippen LogP contribution in [-0.2, 0) is 5.41 Å². The summed E-state index contributed by atoms with van der Waals surface area (Å²) < 4.78 is 5.74. The van der Waals surface area contributed by atoms with Gasteiger partial charge in [0.25, 0.3) is 0 Å². The summed E-state index contributed by atoms with van der Waals surface area (Å²) >= 11 is 0. The second-order valence-electron chi connectivity index (χ2n) is 7.59. The molecule has 0 spiro atoms. The molecule has 1 aromatic rings. The number of rotatable bonds is 5. The standard InChI is InChI=1S/C19H30N2O3/c1-14(22)15-8-10-21(13-15)18(23)20-9-11-24-17-7-5-6-16(12-17)19(2,3)4/h5-7,12,14-15,22H,8-11,13H2,1-4H3,(H,20,23)/t14-,15-/m1/s1. The van der Waals surface area contributed by atoms with Crippen LogP contribution in [0.15, 0.2) is 24.3 Å². The largest absolute Gasteiger partial charge is 0.492 e. The number of benzene rings is 1. The number of carbonyl (C=O) groups excluding carboxylic acids is 1. The van der Waals surface area contributed by atoms with Gasteiger partial charge in [-0.3, -0.25) is 0 Å². The third-order valence-corrected chi connectivity index (χ3v) is 4.54. The molecule has 134 valence electrons. The number of urea groups is 1. The second-order valence-corrected chi connectivity index (χ2v) is 7.59. The molecule has 2 N–H and O–H groups in total. The Balaban J connectivity index is 1.73. The Morgan fingerprint density at radius 3 is 2.83 bits per heavy atom. The lowest BCUT2D eigenvalue weighted by Gasteiger charge is -2.20. The first kappa shape index (κ1) is 18.6. The van der Waals surface area contributed by atoms with Crippen LogP contribution in [0.1, 0.15) is 39.7 Å². The van der Waals surface area contributed by atoms with Crippen LogP contribution in [0.5, 0.6) is 5.75 Å². The molecular formula is C19H30N2O3. The van der Waals surface area contributed by atoms with E-state index in [2.05, 4.69) is 38.2 Å². The predicted octanol–water partition coefficient (Wildman–Crippen LogP) is 2.78. The van der Waals surface area contributed by atoms with Crippen LogP contribution in [0, 0.1) is 5.92 Å². The van der Waals surface area contributed by atoms with E-state index in [1.165, 1.54) is 5.56 Å². The van der Waals surface area contributed by atoms with E-state index in [1.54, 1.807) is 11.8 Å². The quantitative estimate of drug-likeness (QED) is 0.814. The van der Waals surface area contributed by atoms with Gasteiger partial charge in [-0.25, -0.2) is 4.79 Å². The SMILES string of the molecule is C[C@@H](O)[C@@H]1CCN(C(=O)NCCOc2cccc(C(C)(C)C)c2)C1. The lowest BCUT2D eigenvalue weighted by Crippen LogP contribution is -2.40. The smallest absolute Gasteiger partial charge is 0.317 e. The van der Waals surface area contributed by atoms with Crippen molar-refractivity contribution in [1.29, 1.82) is 0 Å². The molecule has 0 radical (unpaired) electrons. The van der Waals surface area contributed by atoms with Crippen molar-refractivity contribution in [2.75, 3.05) is 26.2 Å². The van der Waals surface area contributed by atoms with Crippen molar-refractivity contribution >= 4 is 6.03 Å². The second kappa shape index (κ2) is 7.88. The van der Waals surface area contributed by atoms with E-state index in [0.29, 0.717) is 26.2 Å². The third kappa shape index (κ3) is 5.13. The van der Waals surface area contributed by atoms with Gasteiger partial charge in [0.05, 0.1) is 12.6 Å². The monoisotopic (exact) mass is 334 g/mol. The Morgan fingerprint density at radius 2 is 2.21 bits per heavy atom. The summed E-state index contributed by atoms with van der Waals surface area (Å²) in [6.45, 7) is 10.5.